The fourth-order valence-electron chi connectivity index (χ4n) is 3.90. The minimum atomic E-state index is -0.645. The van der Waals surface area contributed by atoms with Crippen molar-refractivity contribution in [2.75, 3.05) is 25.5 Å². The monoisotopic (exact) mass is 451 g/mol. The number of imidazole rings is 1. The maximum Gasteiger partial charge on any atom is 0.255 e. The first-order valence-corrected chi connectivity index (χ1v) is 10.4. The molecule has 32 heavy (non-hydrogen) atoms. The molecule has 3 heterocycles. The predicted octanol–water partition coefficient (Wildman–Crippen LogP) is 1.92. The van der Waals surface area contributed by atoms with Gasteiger partial charge in [-0.1, -0.05) is 24.1 Å². The Bertz CT molecular complexity index is 1310. The van der Waals surface area contributed by atoms with Gasteiger partial charge in [-0.25, -0.2) is 9.67 Å². The third-order valence-electron chi connectivity index (χ3n) is 5.52. The van der Waals surface area contributed by atoms with Crippen molar-refractivity contribution in [3.63, 3.8) is 0 Å². The number of nitrogens with two attached hydrogens (primary N) is 1. The molecule has 0 saturated carbocycles. The fourth-order valence-corrected chi connectivity index (χ4v) is 4.11. The lowest BCUT2D eigenvalue weighted by atomic mass is 10.1. The molecule has 1 aliphatic heterocycles. The normalized spacial score (nSPS) is 15.5. The van der Waals surface area contributed by atoms with E-state index in [0.29, 0.717) is 35.9 Å². The van der Waals surface area contributed by atoms with Crippen molar-refractivity contribution >= 4 is 40.3 Å². The van der Waals surface area contributed by atoms with Gasteiger partial charge in [0, 0.05) is 32.7 Å². The molecule has 1 atom stereocenters. The molecule has 2 amide bonds. The van der Waals surface area contributed by atoms with Crippen molar-refractivity contribution < 1.29 is 9.59 Å². The van der Waals surface area contributed by atoms with Crippen molar-refractivity contribution in [1.82, 2.24) is 24.2 Å². The summed E-state index contributed by atoms with van der Waals surface area (Å²) in [4.78, 5) is 30.2. The molecule has 10 heteroatoms. The number of likely N-dealkylation sites (tertiary alicyclic amines) is 1. The molecule has 3 N–H and O–H groups in total. The number of rotatable bonds is 4. The van der Waals surface area contributed by atoms with Crippen molar-refractivity contribution in [3.05, 3.63) is 53.0 Å². The van der Waals surface area contributed by atoms with Gasteiger partial charge in [0.15, 0.2) is 5.69 Å². The number of fused-ring (bicyclic) bond motifs is 1. The van der Waals surface area contributed by atoms with Crippen LogP contribution in [0.4, 0.5) is 5.82 Å². The maximum absolute atomic E-state index is 12.2. The summed E-state index contributed by atoms with van der Waals surface area (Å²) in [5.41, 5.74) is 8.32. The number of amides is 2. The van der Waals surface area contributed by atoms with Crippen LogP contribution in [0.1, 0.15) is 34.1 Å². The lowest BCUT2D eigenvalue weighted by Gasteiger charge is -2.16. The summed E-state index contributed by atoms with van der Waals surface area (Å²) in [7, 11) is 3.57. The summed E-state index contributed by atoms with van der Waals surface area (Å²) < 4.78 is 3.55. The lowest BCUT2D eigenvalue weighted by Crippen LogP contribution is -2.27. The highest BCUT2D eigenvalue weighted by Gasteiger charge is 2.31. The molecule has 0 spiro atoms. The smallest absolute Gasteiger partial charge is 0.255 e. The van der Waals surface area contributed by atoms with E-state index in [1.54, 1.807) is 35.1 Å². The van der Waals surface area contributed by atoms with E-state index < -0.39 is 5.91 Å². The minimum absolute atomic E-state index is 0.122. The zero-order valence-electron chi connectivity index (χ0n) is 17.7. The number of aryl methyl sites for hydroxylation is 1. The third-order valence-corrected chi connectivity index (χ3v) is 5.83. The standard InChI is InChI=1S/C22H22ClN7O2/c1-4-19(31)29-8-7-14(11-29)30-22(25-2)20(21(24)32)16(27-30)6-5-13-9-17-18(10-15(13)23)28(3)12-26-17/h4,9-10,12,14,25H,1,7-8,11H2,2-3H3,(H2,24,32). The Morgan fingerprint density at radius 3 is 2.84 bits per heavy atom. The van der Waals surface area contributed by atoms with Crippen LogP contribution in [0.15, 0.2) is 31.1 Å². The van der Waals surface area contributed by atoms with Crippen molar-refractivity contribution in [2.45, 2.75) is 12.5 Å². The highest BCUT2D eigenvalue weighted by Crippen LogP contribution is 2.29. The summed E-state index contributed by atoms with van der Waals surface area (Å²) in [5.74, 6) is 5.63. The number of aromatic nitrogens is 4. The van der Waals surface area contributed by atoms with Gasteiger partial charge in [-0.2, -0.15) is 5.10 Å². The minimum Gasteiger partial charge on any atom is -0.373 e. The van der Waals surface area contributed by atoms with Gasteiger partial charge in [-0.05, 0) is 30.6 Å². The third kappa shape index (κ3) is 3.69. The van der Waals surface area contributed by atoms with Crippen molar-refractivity contribution in [2.24, 2.45) is 12.8 Å². The molecular weight excluding hydrogens is 430 g/mol. The Hall–Kier alpha value is -3.77. The number of carbonyl (C=O) groups excluding carboxylic acids is 2. The molecule has 2 aromatic heterocycles. The number of benzene rings is 1. The maximum atomic E-state index is 12.2. The van der Waals surface area contributed by atoms with E-state index in [1.165, 1.54) is 6.08 Å². The van der Waals surface area contributed by atoms with Crippen LogP contribution in [-0.4, -0.2) is 56.2 Å². The van der Waals surface area contributed by atoms with E-state index >= 15 is 0 Å². The highest BCUT2D eigenvalue weighted by atomic mass is 35.5. The van der Waals surface area contributed by atoms with E-state index in [4.69, 9.17) is 17.3 Å². The van der Waals surface area contributed by atoms with Gasteiger partial charge < -0.3 is 20.5 Å². The molecule has 3 aromatic rings. The summed E-state index contributed by atoms with van der Waals surface area (Å²) >= 11 is 6.41. The van der Waals surface area contributed by atoms with Gasteiger partial charge in [0.25, 0.3) is 5.91 Å². The zero-order chi connectivity index (χ0) is 23.0. The number of nitrogens with zero attached hydrogens (tertiary/aromatic N) is 5. The van der Waals surface area contributed by atoms with Gasteiger partial charge in [0.2, 0.25) is 5.91 Å². The van der Waals surface area contributed by atoms with E-state index in [9.17, 15) is 9.59 Å². The van der Waals surface area contributed by atoms with Gasteiger partial charge in [-0.15, -0.1) is 0 Å². The van der Waals surface area contributed by atoms with Gasteiger partial charge in [0.1, 0.15) is 11.4 Å². The van der Waals surface area contributed by atoms with Crippen LogP contribution in [-0.2, 0) is 11.8 Å². The number of primary amides is 1. The van der Waals surface area contributed by atoms with Gasteiger partial charge in [0.05, 0.1) is 28.4 Å². The Morgan fingerprint density at radius 2 is 2.16 bits per heavy atom. The summed E-state index contributed by atoms with van der Waals surface area (Å²) in [5, 5.41) is 8.04. The first-order chi connectivity index (χ1) is 15.3. The van der Waals surface area contributed by atoms with Crippen LogP contribution in [0.3, 0.4) is 0 Å². The second-order valence-corrected chi connectivity index (χ2v) is 7.90. The van der Waals surface area contributed by atoms with Gasteiger partial charge in [-0.3, -0.25) is 9.59 Å². The molecule has 9 nitrogen and oxygen atoms in total. The summed E-state index contributed by atoms with van der Waals surface area (Å²) in [6.07, 6.45) is 3.67. The number of nitrogens with one attached hydrogen (secondary N) is 1. The zero-order valence-corrected chi connectivity index (χ0v) is 18.5. The molecule has 1 aromatic carbocycles. The second-order valence-electron chi connectivity index (χ2n) is 7.49. The molecule has 0 bridgehead atoms. The van der Waals surface area contributed by atoms with E-state index in [2.05, 4.69) is 33.8 Å². The van der Waals surface area contributed by atoms with E-state index in [1.807, 2.05) is 11.6 Å². The molecular formula is C22H22ClN7O2. The first-order valence-electron chi connectivity index (χ1n) is 9.98. The van der Waals surface area contributed by atoms with E-state index in [0.717, 1.165) is 11.0 Å². The lowest BCUT2D eigenvalue weighted by molar-refractivity contribution is -0.125. The number of carbonyl (C=O) groups is 2. The molecule has 164 valence electrons. The van der Waals surface area contributed by atoms with Crippen LogP contribution in [0.25, 0.3) is 11.0 Å². The molecule has 4 rings (SSSR count). The van der Waals surface area contributed by atoms with Crippen molar-refractivity contribution in [3.8, 4) is 11.8 Å². The Balaban J connectivity index is 1.74. The molecule has 1 aliphatic rings. The largest absolute Gasteiger partial charge is 0.373 e. The fraction of sp³-hybridized carbons (Fsp3) is 0.273. The van der Waals surface area contributed by atoms with Gasteiger partial charge >= 0.3 is 0 Å². The van der Waals surface area contributed by atoms with Crippen LogP contribution in [0.5, 0.6) is 0 Å². The topological polar surface area (TPSA) is 111 Å². The molecule has 1 fully saturated rings. The predicted molar refractivity (Wildman–Crippen MR) is 122 cm³/mol. The molecule has 1 saturated heterocycles. The number of halogens is 1. The van der Waals surface area contributed by atoms with Crippen LogP contribution in [0, 0.1) is 11.8 Å². The summed E-state index contributed by atoms with van der Waals surface area (Å²) in [6.45, 7) is 4.56. The molecule has 0 radical (unpaired) electrons. The Kier molecular flexibility index (Phi) is 5.63. The SMILES string of the molecule is C=CC(=O)N1CCC(n2nc(C#Cc3cc4ncn(C)c4cc3Cl)c(C(N)=O)c2NC)C1. The second kappa shape index (κ2) is 8.40. The van der Waals surface area contributed by atoms with E-state index in [-0.39, 0.29) is 23.2 Å². The highest BCUT2D eigenvalue weighted by molar-refractivity contribution is 6.32. The number of hydrogen-bond acceptors (Lipinski definition) is 5. The molecule has 0 aliphatic carbocycles. The van der Waals surface area contributed by atoms with Crippen LogP contribution >= 0.6 is 11.6 Å². The Labute approximate surface area is 189 Å². The molecule has 1 unspecified atom stereocenters. The number of anilines is 1. The average molecular weight is 452 g/mol. The first kappa shape index (κ1) is 21.5. The van der Waals surface area contributed by atoms with Crippen LogP contribution < -0.4 is 11.1 Å². The summed E-state index contributed by atoms with van der Waals surface area (Å²) in [6, 6.07) is 3.47. The number of hydrogen-bond donors (Lipinski definition) is 2. The van der Waals surface area contributed by atoms with Crippen LogP contribution in [0.2, 0.25) is 5.02 Å². The van der Waals surface area contributed by atoms with Crippen molar-refractivity contribution in [1.29, 1.82) is 0 Å². The Morgan fingerprint density at radius 1 is 1.38 bits per heavy atom. The average Bonchev–Trinajstić information content (AvgIpc) is 3.48. The quantitative estimate of drug-likeness (QED) is 0.465.